The number of hydrogen-bond acceptors (Lipinski definition) is 7. The van der Waals surface area contributed by atoms with Crippen molar-refractivity contribution in [2.45, 2.75) is 44.7 Å². The normalized spacial score (nSPS) is 18.3. The van der Waals surface area contributed by atoms with E-state index in [1.165, 1.54) is 0 Å². The molecule has 4 rings (SSSR count). The number of ether oxygens (including phenoxy) is 2. The van der Waals surface area contributed by atoms with Gasteiger partial charge >= 0.3 is 0 Å². The van der Waals surface area contributed by atoms with Crippen LogP contribution in [0.4, 0.5) is 17.2 Å². The van der Waals surface area contributed by atoms with Gasteiger partial charge in [0.05, 0.1) is 24.0 Å². The second-order valence-electron chi connectivity index (χ2n) is 8.21. The fraction of sp³-hybridized carbons (Fsp3) is 0.417. The Balaban J connectivity index is 1.63. The molecule has 1 aromatic carbocycles. The molecule has 0 bridgehead atoms. The predicted octanol–water partition coefficient (Wildman–Crippen LogP) is 3.97. The Kier molecular flexibility index (Phi) is 6.78. The summed E-state index contributed by atoms with van der Waals surface area (Å²) in [5.41, 5.74) is 10.2. The Morgan fingerprint density at radius 2 is 1.91 bits per heavy atom. The van der Waals surface area contributed by atoms with Crippen LogP contribution in [-0.2, 0) is 4.74 Å². The maximum atomic E-state index is 9.94. The molecule has 0 atom stereocenters. The number of nitrogens with zero attached hydrogens (tertiary/aromatic N) is 3. The van der Waals surface area contributed by atoms with Crippen LogP contribution in [0.3, 0.4) is 0 Å². The molecule has 1 aliphatic rings. The number of pyridine rings is 1. The number of aromatic nitrogens is 2. The zero-order valence-electron chi connectivity index (χ0n) is 18.6. The average Bonchev–Trinajstić information content (AvgIpc) is 3.29. The van der Waals surface area contributed by atoms with Gasteiger partial charge in [-0.25, -0.2) is 4.52 Å². The molecule has 1 saturated carbocycles. The highest BCUT2D eigenvalue weighted by molar-refractivity contribution is 5.82. The predicted molar refractivity (Wildman–Crippen MR) is 126 cm³/mol. The monoisotopic (exact) mass is 434 g/mol. The maximum absolute atomic E-state index is 9.94. The zero-order valence-corrected chi connectivity index (χ0v) is 18.6. The Hall–Kier alpha value is -3.28. The molecule has 3 aromatic rings. The lowest BCUT2D eigenvalue weighted by atomic mass is 9.91. The average molecular weight is 435 g/mol. The van der Waals surface area contributed by atoms with Gasteiger partial charge in [-0.3, -0.25) is 0 Å². The lowest BCUT2D eigenvalue weighted by molar-refractivity contribution is 0.146. The topological polar surface area (TPSA) is 110 Å². The van der Waals surface area contributed by atoms with Crippen LogP contribution >= 0.6 is 0 Å². The summed E-state index contributed by atoms with van der Waals surface area (Å²) in [6.45, 7) is 3.07. The molecule has 0 spiro atoms. The molecule has 2 aromatic heterocycles. The Bertz CT molecular complexity index is 1090. The molecule has 168 valence electrons. The summed E-state index contributed by atoms with van der Waals surface area (Å²) in [7, 11) is 1.65. The molecule has 0 unspecified atom stereocenters. The quantitative estimate of drug-likeness (QED) is 0.460. The molecule has 32 heavy (non-hydrogen) atoms. The van der Waals surface area contributed by atoms with Crippen molar-refractivity contribution >= 4 is 22.7 Å². The maximum Gasteiger partial charge on any atom is 0.137 e. The van der Waals surface area contributed by atoms with Gasteiger partial charge in [-0.05, 0) is 62.9 Å². The van der Waals surface area contributed by atoms with E-state index in [0.717, 1.165) is 59.7 Å². The van der Waals surface area contributed by atoms with Gasteiger partial charge < -0.3 is 25.8 Å². The number of rotatable bonds is 8. The lowest BCUT2D eigenvalue weighted by Gasteiger charge is -2.29. The first-order chi connectivity index (χ1) is 15.6. The van der Waals surface area contributed by atoms with Gasteiger partial charge in [0.2, 0.25) is 0 Å². The van der Waals surface area contributed by atoms with Gasteiger partial charge in [-0.15, -0.1) is 0 Å². The highest BCUT2D eigenvalue weighted by Gasteiger charge is 2.23. The van der Waals surface area contributed by atoms with E-state index >= 15 is 0 Å². The van der Waals surface area contributed by atoms with E-state index in [-0.39, 0.29) is 6.04 Å². The first-order valence-corrected chi connectivity index (χ1v) is 11.0. The lowest BCUT2D eigenvalue weighted by Crippen LogP contribution is -2.33. The third kappa shape index (κ3) is 4.64. The van der Waals surface area contributed by atoms with Crippen LogP contribution in [0.15, 0.2) is 36.5 Å². The molecule has 0 saturated heterocycles. The zero-order chi connectivity index (χ0) is 22.5. The SMILES string of the molecule is COCCOc1ccc(Nc2c(C)c(N[C@H]3CC[C@H](N)CC3)c(C#N)c3ccnn23)cc1. The van der Waals surface area contributed by atoms with Crippen LogP contribution in [0.2, 0.25) is 0 Å². The minimum atomic E-state index is 0.278. The van der Waals surface area contributed by atoms with Crippen molar-refractivity contribution in [1.82, 2.24) is 9.61 Å². The highest BCUT2D eigenvalue weighted by atomic mass is 16.5. The second-order valence-corrected chi connectivity index (χ2v) is 8.21. The molecular weight excluding hydrogens is 404 g/mol. The van der Waals surface area contributed by atoms with Crippen molar-refractivity contribution in [2.24, 2.45) is 5.73 Å². The molecular formula is C24H30N6O2. The summed E-state index contributed by atoms with van der Waals surface area (Å²) in [5.74, 6) is 1.61. The summed E-state index contributed by atoms with van der Waals surface area (Å²) in [5, 5.41) is 21.5. The van der Waals surface area contributed by atoms with Crippen molar-refractivity contribution in [2.75, 3.05) is 31.0 Å². The van der Waals surface area contributed by atoms with Crippen molar-refractivity contribution in [3.63, 3.8) is 0 Å². The van der Waals surface area contributed by atoms with Gasteiger partial charge in [0.15, 0.2) is 0 Å². The van der Waals surface area contributed by atoms with Crippen LogP contribution in [0, 0.1) is 18.3 Å². The minimum absolute atomic E-state index is 0.278. The molecule has 8 nitrogen and oxygen atoms in total. The van der Waals surface area contributed by atoms with Crippen LogP contribution in [0.1, 0.15) is 36.8 Å². The van der Waals surface area contributed by atoms with Gasteiger partial charge in [0.25, 0.3) is 0 Å². The molecule has 0 radical (unpaired) electrons. The molecule has 8 heteroatoms. The van der Waals surface area contributed by atoms with E-state index in [1.807, 2.05) is 37.3 Å². The summed E-state index contributed by atoms with van der Waals surface area (Å²) in [6, 6.07) is 12.6. The van der Waals surface area contributed by atoms with Crippen LogP contribution < -0.4 is 21.1 Å². The van der Waals surface area contributed by atoms with E-state index in [1.54, 1.807) is 17.8 Å². The first kappa shape index (κ1) is 21.9. The van der Waals surface area contributed by atoms with Crippen LogP contribution in [0.5, 0.6) is 5.75 Å². The molecule has 0 amide bonds. The summed E-state index contributed by atoms with van der Waals surface area (Å²) >= 11 is 0. The Labute approximate surface area is 188 Å². The second kappa shape index (κ2) is 9.90. The highest BCUT2D eigenvalue weighted by Crippen LogP contribution is 2.35. The van der Waals surface area contributed by atoms with Crippen molar-refractivity contribution in [3.05, 3.63) is 47.7 Å². The van der Waals surface area contributed by atoms with E-state index in [9.17, 15) is 5.26 Å². The van der Waals surface area contributed by atoms with E-state index in [2.05, 4.69) is 21.8 Å². The standard InChI is InChI=1S/C24H30N6O2/c1-16-23(28-18-5-3-17(26)4-6-18)21(15-25)22-11-12-27-30(22)24(16)29-19-7-9-20(10-8-19)32-14-13-31-2/h7-12,17-18,28-29H,3-6,13-14,26H2,1-2H3/t17-,18-. The number of nitrogens with one attached hydrogen (secondary N) is 2. The molecule has 1 fully saturated rings. The molecule has 1 aliphatic carbocycles. The number of fused-ring (bicyclic) bond motifs is 1. The number of benzene rings is 1. The van der Waals surface area contributed by atoms with Crippen molar-refractivity contribution in [1.29, 1.82) is 5.26 Å². The van der Waals surface area contributed by atoms with Crippen molar-refractivity contribution < 1.29 is 9.47 Å². The fourth-order valence-corrected chi connectivity index (χ4v) is 4.19. The van der Waals surface area contributed by atoms with Gasteiger partial charge in [-0.2, -0.15) is 10.4 Å². The third-order valence-corrected chi connectivity index (χ3v) is 6.00. The number of nitrogens with two attached hydrogens (primary N) is 1. The molecule has 4 N–H and O–H groups in total. The van der Waals surface area contributed by atoms with Crippen LogP contribution in [0.25, 0.3) is 5.52 Å². The largest absolute Gasteiger partial charge is 0.491 e. The van der Waals surface area contributed by atoms with E-state index in [4.69, 9.17) is 15.2 Å². The summed E-state index contributed by atoms with van der Waals surface area (Å²) in [6.07, 6.45) is 5.72. The smallest absolute Gasteiger partial charge is 0.137 e. The van der Waals surface area contributed by atoms with Gasteiger partial charge in [0, 0.05) is 30.4 Å². The van der Waals surface area contributed by atoms with Crippen LogP contribution in [-0.4, -0.2) is 42.0 Å². The fourth-order valence-electron chi connectivity index (χ4n) is 4.19. The minimum Gasteiger partial charge on any atom is -0.491 e. The molecule has 0 aliphatic heterocycles. The third-order valence-electron chi connectivity index (χ3n) is 6.00. The summed E-state index contributed by atoms with van der Waals surface area (Å²) < 4.78 is 12.5. The number of methoxy groups -OCH3 is 1. The summed E-state index contributed by atoms with van der Waals surface area (Å²) in [4.78, 5) is 0. The van der Waals surface area contributed by atoms with E-state index < -0.39 is 0 Å². The molecule has 2 heterocycles. The van der Waals surface area contributed by atoms with Crippen molar-refractivity contribution in [3.8, 4) is 11.8 Å². The van der Waals surface area contributed by atoms with Gasteiger partial charge in [0.1, 0.15) is 29.8 Å². The first-order valence-electron chi connectivity index (χ1n) is 11.0. The number of anilines is 3. The Morgan fingerprint density at radius 1 is 1.16 bits per heavy atom. The number of hydrogen-bond donors (Lipinski definition) is 3. The number of nitriles is 1. The van der Waals surface area contributed by atoms with Gasteiger partial charge in [-0.1, -0.05) is 0 Å². The Morgan fingerprint density at radius 3 is 2.59 bits per heavy atom. The van der Waals surface area contributed by atoms with E-state index in [0.29, 0.717) is 24.8 Å².